The molecule has 0 radical (unpaired) electrons. The van der Waals surface area contributed by atoms with E-state index in [9.17, 15) is 9.59 Å². The Balaban J connectivity index is 1.29. The highest BCUT2D eigenvalue weighted by atomic mass is 16.6. The third-order valence-electron chi connectivity index (χ3n) is 8.52. The van der Waals surface area contributed by atoms with Crippen molar-refractivity contribution in [3.8, 4) is 0 Å². The maximum absolute atomic E-state index is 13.1. The molecule has 9 heteroatoms. The van der Waals surface area contributed by atoms with Gasteiger partial charge in [0.2, 0.25) is 0 Å². The summed E-state index contributed by atoms with van der Waals surface area (Å²) in [5, 5.41) is 0. The maximum atomic E-state index is 13.1. The van der Waals surface area contributed by atoms with Gasteiger partial charge in [-0.2, -0.15) is 0 Å². The number of carbonyl (C=O) groups excluding carboxylic acids is 2. The second kappa shape index (κ2) is 11.7. The smallest absolute Gasteiger partial charge is 0.310 e. The molecule has 218 valence electrons. The lowest BCUT2D eigenvalue weighted by Gasteiger charge is -2.30. The molecule has 0 aromatic carbocycles. The highest BCUT2D eigenvalue weighted by Gasteiger charge is 2.65. The lowest BCUT2D eigenvalue weighted by molar-refractivity contribution is -0.164. The molecule has 0 bridgehead atoms. The molecular formula is C29H48O9. The van der Waals surface area contributed by atoms with E-state index in [0.29, 0.717) is 32.2 Å². The molecule has 7 unspecified atom stereocenters. The van der Waals surface area contributed by atoms with Crippen molar-refractivity contribution in [1.29, 1.82) is 0 Å². The SMILES string of the molecule is CC(C)OCCOC(=O)C1CC2OC2(CCC2OC2(C)CCC2OC2(C)C)CC1C(=O)OCCOC(C)C. The molecule has 4 fully saturated rings. The van der Waals surface area contributed by atoms with Gasteiger partial charge in [-0.05, 0) is 87.0 Å². The zero-order valence-electron chi connectivity index (χ0n) is 24.3. The Kier molecular flexibility index (Phi) is 9.14. The van der Waals surface area contributed by atoms with Gasteiger partial charge in [0.05, 0.1) is 72.4 Å². The molecular weight excluding hydrogens is 492 g/mol. The predicted octanol–water partition coefficient (Wildman–Crippen LogP) is 3.98. The van der Waals surface area contributed by atoms with E-state index in [0.717, 1.165) is 25.7 Å². The second-order valence-electron chi connectivity index (χ2n) is 12.7. The Morgan fingerprint density at radius 1 is 0.763 bits per heavy atom. The average molecular weight is 541 g/mol. The van der Waals surface area contributed by atoms with E-state index >= 15 is 0 Å². The van der Waals surface area contributed by atoms with Gasteiger partial charge >= 0.3 is 11.9 Å². The molecule has 0 spiro atoms. The molecule has 1 aliphatic carbocycles. The number of epoxide rings is 3. The van der Waals surface area contributed by atoms with E-state index in [1.165, 1.54) is 0 Å². The van der Waals surface area contributed by atoms with E-state index in [1.54, 1.807) is 0 Å². The van der Waals surface area contributed by atoms with Gasteiger partial charge in [0, 0.05) is 0 Å². The predicted molar refractivity (Wildman–Crippen MR) is 139 cm³/mol. The molecule has 7 atom stereocenters. The Morgan fingerprint density at radius 2 is 1.32 bits per heavy atom. The third-order valence-corrected chi connectivity index (χ3v) is 8.52. The van der Waals surface area contributed by atoms with Crippen LogP contribution in [0.3, 0.4) is 0 Å². The Bertz CT molecular complexity index is 842. The van der Waals surface area contributed by atoms with Crippen LogP contribution < -0.4 is 0 Å². The van der Waals surface area contributed by atoms with Crippen LogP contribution in [0.25, 0.3) is 0 Å². The standard InChI is InChI=1S/C29H48O9/c1-18(2)32-12-14-34-25(30)20-16-24-29(38-24,17-21(20)26(31)35-15-13-33-19(3)4)11-9-23-28(7,37-23)10-8-22-27(5,6)36-22/h18-24H,8-17H2,1-7H3. The lowest BCUT2D eigenvalue weighted by atomic mass is 9.72. The van der Waals surface area contributed by atoms with Crippen molar-refractivity contribution in [3.05, 3.63) is 0 Å². The Labute approximate surface area is 227 Å². The first-order valence-corrected chi connectivity index (χ1v) is 14.5. The van der Waals surface area contributed by atoms with Crippen LogP contribution in [0.1, 0.15) is 87.0 Å². The topological polar surface area (TPSA) is 109 Å². The summed E-state index contributed by atoms with van der Waals surface area (Å²) in [7, 11) is 0. The molecule has 4 rings (SSSR count). The monoisotopic (exact) mass is 540 g/mol. The van der Waals surface area contributed by atoms with E-state index in [4.69, 9.17) is 33.2 Å². The zero-order valence-corrected chi connectivity index (χ0v) is 24.3. The normalized spacial score (nSPS) is 36.6. The lowest BCUT2D eigenvalue weighted by Crippen LogP contribution is -2.42. The van der Waals surface area contributed by atoms with Crippen LogP contribution in [0.2, 0.25) is 0 Å². The highest BCUT2D eigenvalue weighted by molar-refractivity contribution is 5.83. The van der Waals surface area contributed by atoms with Crippen molar-refractivity contribution in [3.63, 3.8) is 0 Å². The molecule has 4 aliphatic rings. The summed E-state index contributed by atoms with van der Waals surface area (Å²) in [6.45, 7) is 15.1. The molecule has 3 saturated heterocycles. The summed E-state index contributed by atoms with van der Waals surface area (Å²) in [5.41, 5.74) is -0.512. The molecule has 38 heavy (non-hydrogen) atoms. The number of ether oxygens (including phenoxy) is 7. The zero-order chi connectivity index (χ0) is 27.7. The van der Waals surface area contributed by atoms with Crippen molar-refractivity contribution in [2.24, 2.45) is 11.8 Å². The number of esters is 2. The fourth-order valence-corrected chi connectivity index (χ4v) is 5.90. The summed E-state index contributed by atoms with van der Waals surface area (Å²) in [6, 6.07) is 0. The molecule has 3 heterocycles. The van der Waals surface area contributed by atoms with E-state index in [-0.39, 0.29) is 60.8 Å². The molecule has 3 aliphatic heterocycles. The molecule has 0 amide bonds. The van der Waals surface area contributed by atoms with Crippen molar-refractivity contribution < 1.29 is 42.7 Å². The van der Waals surface area contributed by atoms with Crippen molar-refractivity contribution in [2.75, 3.05) is 26.4 Å². The van der Waals surface area contributed by atoms with Crippen LogP contribution in [-0.2, 0) is 42.7 Å². The van der Waals surface area contributed by atoms with Crippen LogP contribution in [0.15, 0.2) is 0 Å². The quantitative estimate of drug-likeness (QED) is 0.163. The van der Waals surface area contributed by atoms with Gasteiger partial charge in [0.1, 0.15) is 13.2 Å². The van der Waals surface area contributed by atoms with Crippen LogP contribution in [0, 0.1) is 11.8 Å². The second-order valence-corrected chi connectivity index (χ2v) is 12.7. The van der Waals surface area contributed by atoms with Gasteiger partial charge in [0.25, 0.3) is 0 Å². The van der Waals surface area contributed by atoms with Gasteiger partial charge in [-0.3, -0.25) is 9.59 Å². The number of hydrogen-bond donors (Lipinski definition) is 0. The molecule has 1 saturated carbocycles. The first-order chi connectivity index (χ1) is 17.9. The van der Waals surface area contributed by atoms with Crippen LogP contribution in [0.5, 0.6) is 0 Å². The third kappa shape index (κ3) is 7.47. The van der Waals surface area contributed by atoms with Gasteiger partial charge in [0.15, 0.2) is 0 Å². The Hall–Kier alpha value is -1.26. The summed E-state index contributed by atoms with van der Waals surface area (Å²) in [4.78, 5) is 26.1. The molecule has 0 N–H and O–H groups in total. The number of carbonyl (C=O) groups is 2. The fourth-order valence-electron chi connectivity index (χ4n) is 5.90. The summed E-state index contributed by atoms with van der Waals surface area (Å²) in [6.07, 6.45) is 5.14. The molecule has 9 nitrogen and oxygen atoms in total. The number of hydrogen-bond acceptors (Lipinski definition) is 9. The first kappa shape index (κ1) is 29.7. The maximum Gasteiger partial charge on any atom is 0.310 e. The highest BCUT2D eigenvalue weighted by Crippen LogP contribution is 2.57. The first-order valence-electron chi connectivity index (χ1n) is 14.5. The molecule has 0 aromatic rings. The van der Waals surface area contributed by atoms with Gasteiger partial charge in [-0.15, -0.1) is 0 Å². The summed E-state index contributed by atoms with van der Waals surface area (Å²) < 4.78 is 40.0. The van der Waals surface area contributed by atoms with Gasteiger partial charge < -0.3 is 33.2 Å². The van der Waals surface area contributed by atoms with Crippen molar-refractivity contribution in [1.82, 2.24) is 0 Å². The van der Waals surface area contributed by atoms with Crippen LogP contribution in [-0.4, -0.2) is 85.7 Å². The van der Waals surface area contributed by atoms with Crippen molar-refractivity contribution in [2.45, 2.75) is 134 Å². The van der Waals surface area contributed by atoms with Gasteiger partial charge in [-0.1, -0.05) is 0 Å². The summed E-state index contributed by atoms with van der Waals surface area (Å²) in [5.74, 6) is -1.96. The Morgan fingerprint density at radius 3 is 1.87 bits per heavy atom. The fraction of sp³-hybridized carbons (Fsp3) is 0.931. The average Bonchev–Trinajstić information content (AvgIpc) is 3.78. The van der Waals surface area contributed by atoms with E-state index in [2.05, 4.69) is 20.8 Å². The minimum atomic E-state index is -0.605. The minimum absolute atomic E-state index is 0.000549. The summed E-state index contributed by atoms with van der Waals surface area (Å²) >= 11 is 0. The van der Waals surface area contributed by atoms with Gasteiger partial charge in [-0.25, -0.2) is 0 Å². The van der Waals surface area contributed by atoms with Crippen LogP contribution >= 0.6 is 0 Å². The van der Waals surface area contributed by atoms with Crippen molar-refractivity contribution >= 4 is 11.9 Å². The number of rotatable bonds is 16. The van der Waals surface area contributed by atoms with E-state index in [1.807, 2.05) is 27.7 Å². The van der Waals surface area contributed by atoms with E-state index < -0.39 is 17.4 Å². The number of fused-ring (bicyclic) bond motifs is 1. The largest absolute Gasteiger partial charge is 0.463 e. The molecule has 0 aromatic heterocycles. The minimum Gasteiger partial charge on any atom is -0.463 e. The van der Waals surface area contributed by atoms with Crippen LogP contribution in [0.4, 0.5) is 0 Å².